The summed E-state index contributed by atoms with van der Waals surface area (Å²) in [5.74, 6) is 0. The molecule has 4 heteroatoms. The summed E-state index contributed by atoms with van der Waals surface area (Å²) < 4.78 is 7.44. The Morgan fingerprint density at radius 3 is 1.53 bits per heavy atom. The minimum Gasteiger partial charge on any atom is -0.401 e. The van der Waals surface area contributed by atoms with E-state index in [2.05, 4.69) is 148 Å². The Labute approximate surface area is 229 Å². The molecule has 0 saturated heterocycles. The monoisotopic (exact) mass is 536 g/mol. The van der Waals surface area contributed by atoms with Crippen molar-refractivity contribution in [2.24, 2.45) is 0 Å². The van der Waals surface area contributed by atoms with Gasteiger partial charge in [0, 0.05) is 0 Å². The molecule has 2 atom stereocenters. The van der Waals surface area contributed by atoms with Crippen LogP contribution in [0.2, 0.25) is 5.04 Å². The van der Waals surface area contributed by atoms with Crippen molar-refractivity contribution in [3.05, 3.63) is 133 Å². The third-order valence-electron chi connectivity index (χ3n) is 7.49. The van der Waals surface area contributed by atoms with Crippen LogP contribution in [0.5, 0.6) is 0 Å². The van der Waals surface area contributed by atoms with E-state index < -0.39 is 22.3 Å². The highest BCUT2D eigenvalue weighted by Crippen LogP contribution is 2.49. The third-order valence-corrected chi connectivity index (χ3v) is 15.1. The van der Waals surface area contributed by atoms with Crippen LogP contribution in [0.1, 0.15) is 33.6 Å². The highest BCUT2D eigenvalue weighted by atomic mass is 31.1. The summed E-state index contributed by atoms with van der Waals surface area (Å²) in [6.07, 6.45) is 3.03. The van der Waals surface area contributed by atoms with E-state index in [0.717, 1.165) is 18.2 Å². The molecule has 0 bridgehead atoms. The van der Waals surface area contributed by atoms with Gasteiger partial charge >= 0.3 is 0 Å². The molecule has 0 fully saturated rings. The first kappa shape index (κ1) is 26.8. The second-order valence-electron chi connectivity index (χ2n) is 11.0. The van der Waals surface area contributed by atoms with Gasteiger partial charge in [-0.15, -0.1) is 0 Å². The van der Waals surface area contributed by atoms with Crippen LogP contribution in [0.4, 0.5) is 0 Å². The molecular formula is C34H37O2PSi. The van der Waals surface area contributed by atoms with E-state index in [1.165, 1.54) is 21.0 Å². The zero-order valence-corrected chi connectivity index (χ0v) is 24.4. The van der Waals surface area contributed by atoms with Crippen molar-refractivity contribution in [1.82, 2.24) is 0 Å². The number of benzene rings is 4. The maximum absolute atomic E-state index is 12.1. The highest BCUT2D eigenvalue weighted by Gasteiger charge is 2.52. The van der Waals surface area contributed by atoms with Gasteiger partial charge in [-0.2, -0.15) is 0 Å². The molecule has 0 spiro atoms. The van der Waals surface area contributed by atoms with Crippen molar-refractivity contribution in [3.8, 4) is 0 Å². The highest BCUT2D eigenvalue weighted by molar-refractivity contribution is 7.76. The Kier molecular flexibility index (Phi) is 8.11. The number of aliphatic hydroxyl groups is 1. The molecule has 1 aliphatic rings. The molecule has 5 rings (SSSR count). The normalized spacial score (nSPS) is 18.3. The van der Waals surface area contributed by atoms with Crippen molar-refractivity contribution in [3.63, 3.8) is 0 Å². The van der Waals surface area contributed by atoms with Gasteiger partial charge in [-0.25, -0.2) is 0 Å². The van der Waals surface area contributed by atoms with Gasteiger partial charge in [0.15, 0.2) is 0 Å². The average molecular weight is 537 g/mol. The van der Waals surface area contributed by atoms with Gasteiger partial charge in [-0.3, -0.25) is 0 Å². The molecule has 1 aliphatic carbocycles. The molecule has 0 radical (unpaired) electrons. The molecule has 0 saturated carbocycles. The van der Waals surface area contributed by atoms with Crippen LogP contribution in [0, 0.1) is 0 Å². The molecule has 0 aliphatic heterocycles. The van der Waals surface area contributed by atoms with E-state index in [-0.39, 0.29) is 11.1 Å². The second kappa shape index (κ2) is 11.5. The minimum absolute atomic E-state index is 0.139. The summed E-state index contributed by atoms with van der Waals surface area (Å²) in [4.78, 5) is 0. The largest absolute Gasteiger partial charge is 0.401 e. The Bertz CT molecular complexity index is 1260. The van der Waals surface area contributed by atoms with Gasteiger partial charge in [0.2, 0.25) is 0 Å². The Morgan fingerprint density at radius 2 is 1.11 bits per heavy atom. The van der Waals surface area contributed by atoms with Crippen molar-refractivity contribution in [2.45, 2.75) is 50.9 Å². The smallest absolute Gasteiger partial charge is 0.261 e. The van der Waals surface area contributed by atoms with Gasteiger partial charge in [0.1, 0.15) is 6.10 Å². The van der Waals surface area contributed by atoms with Crippen molar-refractivity contribution in [1.29, 1.82) is 0 Å². The van der Waals surface area contributed by atoms with Crippen LogP contribution in [0.25, 0.3) is 0 Å². The molecule has 2 nitrogen and oxygen atoms in total. The number of rotatable bonds is 7. The van der Waals surface area contributed by atoms with Gasteiger partial charge in [0.25, 0.3) is 8.32 Å². The van der Waals surface area contributed by atoms with Crippen molar-refractivity contribution < 1.29 is 9.53 Å². The van der Waals surface area contributed by atoms with Crippen LogP contribution < -0.4 is 21.0 Å². The fraction of sp³-hybridized carbons (Fsp3) is 0.235. The quantitative estimate of drug-likeness (QED) is 0.228. The summed E-state index contributed by atoms with van der Waals surface area (Å²) in [7, 11) is -3.65. The summed E-state index contributed by atoms with van der Waals surface area (Å²) in [6, 6.07) is 42.7. The van der Waals surface area contributed by atoms with Gasteiger partial charge in [-0.05, 0) is 52.1 Å². The maximum atomic E-state index is 12.1. The fourth-order valence-electron chi connectivity index (χ4n) is 5.73. The molecular weight excluding hydrogens is 499 g/mol. The molecule has 0 amide bonds. The molecule has 1 N–H and O–H groups in total. The summed E-state index contributed by atoms with van der Waals surface area (Å²) in [5, 5.41) is 18.1. The van der Waals surface area contributed by atoms with Crippen LogP contribution >= 0.6 is 7.92 Å². The van der Waals surface area contributed by atoms with Crippen LogP contribution in [0.15, 0.2) is 133 Å². The van der Waals surface area contributed by atoms with Gasteiger partial charge in [-0.1, -0.05) is 148 Å². The second-order valence-corrected chi connectivity index (χ2v) is 17.5. The average Bonchev–Trinajstić information content (AvgIpc) is 2.95. The topological polar surface area (TPSA) is 29.5 Å². The molecule has 4 aromatic rings. The van der Waals surface area contributed by atoms with Crippen molar-refractivity contribution in [2.75, 3.05) is 0 Å². The predicted octanol–water partition coefficient (Wildman–Crippen LogP) is 6.10. The van der Waals surface area contributed by atoms with E-state index in [0.29, 0.717) is 0 Å². The van der Waals surface area contributed by atoms with Crippen LogP contribution in [-0.2, 0) is 4.43 Å². The van der Waals surface area contributed by atoms with Crippen molar-refractivity contribution >= 4 is 37.2 Å². The third kappa shape index (κ3) is 5.22. The fourth-order valence-corrected chi connectivity index (χ4v) is 13.0. The Balaban J connectivity index is 1.59. The first-order valence-corrected chi connectivity index (χ1v) is 16.7. The molecule has 0 unspecified atom stereocenters. The van der Waals surface area contributed by atoms with E-state index in [1.807, 2.05) is 0 Å². The molecule has 0 aromatic heterocycles. The molecule has 194 valence electrons. The van der Waals surface area contributed by atoms with Crippen LogP contribution in [-0.4, -0.2) is 25.6 Å². The zero-order valence-electron chi connectivity index (χ0n) is 22.5. The van der Waals surface area contributed by atoms with E-state index in [1.54, 1.807) is 0 Å². The molecule has 4 aromatic carbocycles. The van der Waals surface area contributed by atoms with Crippen LogP contribution in [0.3, 0.4) is 0 Å². The van der Waals surface area contributed by atoms with E-state index >= 15 is 0 Å². The first-order chi connectivity index (χ1) is 18.4. The summed E-state index contributed by atoms with van der Waals surface area (Å²) >= 11 is 0. The van der Waals surface area contributed by atoms with E-state index in [4.69, 9.17) is 4.43 Å². The number of hydrogen-bond acceptors (Lipinski definition) is 2. The zero-order chi connectivity index (χ0) is 26.6. The molecule has 38 heavy (non-hydrogen) atoms. The lowest BCUT2D eigenvalue weighted by Gasteiger charge is -2.47. The first-order valence-electron chi connectivity index (χ1n) is 13.5. The lowest BCUT2D eigenvalue weighted by molar-refractivity contribution is 0.0471. The maximum Gasteiger partial charge on any atom is 0.261 e. The SMILES string of the molecule is CC(C)(C)[Si](O[C@H]1CCC=C(P(c2ccccc2)c2ccccc2)[C@H]1O)(c1ccccc1)c1ccccc1. The van der Waals surface area contributed by atoms with E-state index in [9.17, 15) is 5.11 Å². The Hall–Kier alpha value is -2.81. The lowest BCUT2D eigenvalue weighted by Crippen LogP contribution is -2.68. The number of aliphatic hydroxyl groups excluding tert-OH is 1. The predicted molar refractivity (Wildman–Crippen MR) is 165 cm³/mol. The summed E-state index contributed by atoms with van der Waals surface area (Å²) in [6.45, 7) is 6.89. The lowest BCUT2D eigenvalue weighted by atomic mass is 10.0. The van der Waals surface area contributed by atoms with Gasteiger partial charge < -0.3 is 9.53 Å². The number of allylic oxidation sites excluding steroid dienone is 1. The minimum atomic E-state index is -2.78. The standard InChI is InChI=1S/C34H37O2PSi/c1-34(2,3)38(29-21-12-6-13-22-29,30-23-14-7-15-24-30)36-31-25-16-26-32(33(31)35)37(27-17-8-4-9-18-27)28-19-10-5-11-20-28/h4-15,17-24,26,31,33,35H,16,25H2,1-3H3/t31-,33-/m0/s1. The Morgan fingerprint density at radius 1 is 0.684 bits per heavy atom. The molecule has 0 heterocycles. The van der Waals surface area contributed by atoms with Gasteiger partial charge in [0.05, 0.1) is 6.10 Å². The number of hydrogen-bond donors (Lipinski definition) is 1. The summed E-state index contributed by atoms with van der Waals surface area (Å²) in [5.41, 5.74) is 0.